The van der Waals surface area contributed by atoms with Gasteiger partial charge in [0, 0.05) is 0 Å². The number of hydrogen-bond donors (Lipinski definition) is 0. The Kier molecular flexibility index (Phi) is 10.3. The summed E-state index contributed by atoms with van der Waals surface area (Å²) in [5.41, 5.74) is 2.18. The standard InChI is InChI=1S/C29H45N/c1-2-3-4-5-6-7-8-24-15-19-28(20-16-24)29-21-17-26(18-22-29)10-9-25-11-13-27(23-30)14-12-25/h11-14,24,26,28-29H,2-10,15-22H2,1H3. The number of unbranched alkanes of at least 4 members (excludes halogenated alkanes) is 5. The van der Waals surface area contributed by atoms with Crippen molar-refractivity contribution in [3.8, 4) is 6.07 Å². The quantitative estimate of drug-likeness (QED) is 0.336. The van der Waals surface area contributed by atoms with Crippen LogP contribution in [-0.4, -0.2) is 0 Å². The van der Waals surface area contributed by atoms with E-state index in [1.54, 1.807) is 0 Å². The fraction of sp³-hybridized carbons (Fsp3) is 0.759. The minimum atomic E-state index is 0.779. The Bertz CT molecular complexity index is 609. The lowest BCUT2D eigenvalue weighted by molar-refractivity contribution is 0.140. The molecule has 0 saturated heterocycles. The first-order valence-corrected chi connectivity index (χ1v) is 13.3. The minimum absolute atomic E-state index is 0.779. The third-order valence-corrected chi connectivity index (χ3v) is 8.34. The fourth-order valence-corrected chi connectivity index (χ4v) is 6.23. The van der Waals surface area contributed by atoms with Crippen LogP contribution in [0.5, 0.6) is 0 Å². The molecule has 166 valence electrons. The van der Waals surface area contributed by atoms with Crippen LogP contribution in [0.2, 0.25) is 0 Å². The van der Waals surface area contributed by atoms with Gasteiger partial charge in [-0.2, -0.15) is 5.26 Å². The molecule has 0 atom stereocenters. The first-order chi connectivity index (χ1) is 14.8. The molecule has 0 radical (unpaired) electrons. The molecule has 1 heteroatoms. The van der Waals surface area contributed by atoms with Gasteiger partial charge >= 0.3 is 0 Å². The Morgan fingerprint density at radius 1 is 0.700 bits per heavy atom. The molecule has 0 spiro atoms. The Labute approximate surface area is 186 Å². The van der Waals surface area contributed by atoms with Crippen molar-refractivity contribution < 1.29 is 0 Å². The fourth-order valence-electron chi connectivity index (χ4n) is 6.23. The molecule has 3 rings (SSSR count). The Morgan fingerprint density at radius 2 is 1.23 bits per heavy atom. The lowest BCUT2D eigenvalue weighted by Crippen LogP contribution is -2.26. The van der Waals surface area contributed by atoms with E-state index in [-0.39, 0.29) is 0 Å². The van der Waals surface area contributed by atoms with Crippen LogP contribution in [0, 0.1) is 35.0 Å². The van der Waals surface area contributed by atoms with Gasteiger partial charge < -0.3 is 0 Å². The van der Waals surface area contributed by atoms with Crippen LogP contribution in [0.1, 0.15) is 121 Å². The predicted molar refractivity (Wildman–Crippen MR) is 128 cm³/mol. The minimum Gasteiger partial charge on any atom is -0.192 e. The van der Waals surface area contributed by atoms with Gasteiger partial charge in [0.2, 0.25) is 0 Å². The molecule has 0 N–H and O–H groups in total. The lowest BCUT2D eigenvalue weighted by Gasteiger charge is -2.38. The van der Waals surface area contributed by atoms with Crippen LogP contribution >= 0.6 is 0 Å². The second-order valence-corrected chi connectivity index (χ2v) is 10.5. The van der Waals surface area contributed by atoms with Gasteiger partial charge in [0.25, 0.3) is 0 Å². The summed E-state index contributed by atoms with van der Waals surface area (Å²) in [4.78, 5) is 0. The highest BCUT2D eigenvalue weighted by Gasteiger charge is 2.30. The number of rotatable bonds is 11. The summed E-state index contributed by atoms with van der Waals surface area (Å²) in [6.45, 7) is 2.31. The average Bonchev–Trinajstić information content (AvgIpc) is 2.81. The van der Waals surface area contributed by atoms with Crippen molar-refractivity contribution in [1.82, 2.24) is 0 Å². The summed E-state index contributed by atoms with van der Waals surface area (Å²) in [5.74, 6) is 4.06. The number of nitriles is 1. The molecular weight excluding hydrogens is 362 g/mol. The molecule has 30 heavy (non-hydrogen) atoms. The second kappa shape index (κ2) is 13.2. The number of nitrogens with zero attached hydrogens (tertiary/aromatic N) is 1. The van der Waals surface area contributed by atoms with Crippen molar-refractivity contribution in [2.45, 2.75) is 116 Å². The smallest absolute Gasteiger partial charge is 0.0991 e. The normalized spacial score (nSPS) is 26.9. The highest BCUT2D eigenvalue weighted by molar-refractivity contribution is 5.31. The van der Waals surface area contributed by atoms with E-state index in [2.05, 4.69) is 25.1 Å². The summed E-state index contributed by atoms with van der Waals surface area (Å²) in [5, 5.41) is 8.93. The van der Waals surface area contributed by atoms with Crippen molar-refractivity contribution in [3.05, 3.63) is 35.4 Å². The van der Waals surface area contributed by atoms with Crippen molar-refractivity contribution in [2.75, 3.05) is 0 Å². The van der Waals surface area contributed by atoms with Gasteiger partial charge in [-0.15, -0.1) is 0 Å². The molecule has 0 unspecified atom stereocenters. The molecule has 1 aromatic rings. The van der Waals surface area contributed by atoms with E-state index in [4.69, 9.17) is 5.26 Å². The highest BCUT2D eigenvalue weighted by atomic mass is 14.4. The van der Waals surface area contributed by atoms with Gasteiger partial charge in [0.05, 0.1) is 11.6 Å². The molecule has 2 aliphatic rings. The largest absolute Gasteiger partial charge is 0.192 e. The molecule has 0 aliphatic heterocycles. The molecule has 0 aromatic heterocycles. The van der Waals surface area contributed by atoms with E-state index in [0.29, 0.717) is 0 Å². The molecule has 2 saturated carbocycles. The van der Waals surface area contributed by atoms with Gasteiger partial charge in [-0.3, -0.25) is 0 Å². The SMILES string of the molecule is CCCCCCCCC1CCC(C2CCC(CCc3ccc(C#N)cc3)CC2)CC1. The molecule has 2 fully saturated rings. The van der Waals surface area contributed by atoms with E-state index in [0.717, 1.165) is 29.2 Å². The van der Waals surface area contributed by atoms with Gasteiger partial charge in [-0.1, -0.05) is 89.7 Å². The van der Waals surface area contributed by atoms with Crippen molar-refractivity contribution in [1.29, 1.82) is 5.26 Å². The van der Waals surface area contributed by atoms with Crippen LogP contribution < -0.4 is 0 Å². The van der Waals surface area contributed by atoms with Crippen LogP contribution in [0.15, 0.2) is 24.3 Å². The van der Waals surface area contributed by atoms with E-state index in [1.807, 2.05) is 12.1 Å². The Morgan fingerprint density at radius 3 is 1.80 bits per heavy atom. The first-order valence-electron chi connectivity index (χ1n) is 13.3. The maximum atomic E-state index is 8.93. The average molecular weight is 408 g/mol. The molecule has 2 aliphatic carbocycles. The molecular formula is C29H45N. The molecule has 1 aromatic carbocycles. The van der Waals surface area contributed by atoms with Gasteiger partial charge in [0.1, 0.15) is 0 Å². The number of aryl methyl sites for hydroxylation is 1. The second-order valence-electron chi connectivity index (χ2n) is 10.5. The Balaban J connectivity index is 1.26. The van der Waals surface area contributed by atoms with Gasteiger partial charge in [-0.25, -0.2) is 0 Å². The number of benzene rings is 1. The summed E-state index contributed by atoms with van der Waals surface area (Å²) < 4.78 is 0. The molecule has 0 amide bonds. The Hall–Kier alpha value is -1.29. The van der Waals surface area contributed by atoms with Crippen molar-refractivity contribution in [3.63, 3.8) is 0 Å². The summed E-state index contributed by atoms with van der Waals surface area (Å²) in [6.07, 6.45) is 24.7. The topological polar surface area (TPSA) is 23.8 Å². The van der Waals surface area contributed by atoms with E-state index in [1.165, 1.54) is 115 Å². The zero-order valence-electron chi connectivity index (χ0n) is 19.6. The van der Waals surface area contributed by atoms with Gasteiger partial charge in [-0.05, 0) is 79.9 Å². The third-order valence-electron chi connectivity index (χ3n) is 8.34. The molecule has 0 bridgehead atoms. The molecule has 1 nitrogen and oxygen atoms in total. The van der Waals surface area contributed by atoms with Crippen LogP contribution in [0.4, 0.5) is 0 Å². The van der Waals surface area contributed by atoms with Crippen LogP contribution in [-0.2, 0) is 6.42 Å². The van der Waals surface area contributed by atoms with E-state index in [9.17, 15) is 0 Å². The number of hydrogen-bond acceptors (Lipinski definition) is 1. The third kappa shape index (κ3) is 7.76. The van der Waals surface area contributed by atoms with Crippen LogP contribution in [0.25, 0.3) is 0 Å². The zero-order chi connectivity index (χ0) is 21.0. The molecule has 0 heterocycles. The summed E-state index contributed by atoms with van der Waals surface area (Å²) >= 11 is 0. The predicted octanol–water partition coefficient (Wildman–Crippen LogP) is 8.85. The lowest BCUT2D eigenvalue weighted by atomic mass is 9.68. The first kappa shape index (κ1) is 23.4. The maximum absolute atomic E-state index is 8.93. The van der Waals surface area contributed by atoms with E-state index >= 15 is 0 Å². The van der Waals surface area contributed by atoms with Crippen molar-refractivity contribution in [2.24, 2.45) is 23.7 Å². The monoisotopic (exact) mass is 407 g/mol. The summed E-state index contributed by atoms with van der Waals surface area (Å²) in [7, 11) is 0. The van der Waals surface area contributed by atoms with Crippen LogP contribution in [0.3, 0.4) is 0 Å². The zero-order valence-corrected chi connectivity index (χ0v) is 19.6. The summed E-state index contributed by atoms with van der Waals surface area (Å²) in [6, 6.07) is 10.4. The van der Waals surface area contributed by atoms with Gasteiger partial charge in [0.15, 0.2) is 0 Å². The van der Waals surface area contributed by atoms with E-state index < -0.39 is 0 Å². The maximum Gasteiger partial charge on any atom is 0.0991 e. The highest BCUT2D eigenvalue weighted by Crippen LogP contribution is 2.43. The van der Waals surface area contributed by atoms with Crippen molar-refractivity contribution >= 4 is 0 Å².